The topological polar surface area (TPSA) is 59.6 Å². The van der Waals surface area contributed by atoms with Gasteiger partial charge in [-0.25, -0.2) is 0 Å². The highest BCUT2D eigenvalue weighted by Gasteiger charge is 2.27. The molecule has 0 aliphatic heterocycles. The number of hydrogen-bond donors (Lipinski definition) is 3. The van der Waals surface area contributed by atoms with Gasteiger partial charge in [-0.05, 0) is 84.5 Å². The minimum Gasteiger partial charge on any atom is -0.389 e. The highest BCUT2D eigenvalue weighted by molar-refractivity contribution is 6.18. The van der Waals surface area contributed by atoms with Crippen LogP contribution in [0.25, 0.3) is 0 Å². The van der Waals surface area contributed by atoms with E-state index in [1.54, 1.807) is 0 Å². The summed E-state index contributed by atoms with van der Waals surface area (Å²) in [4.78, 5) is 16.0. The molecule has 1 rings (SSSR count). The summed E-state index contributed by atoms with van der Waals surface area (Å²) in [6.07, 6.45) is 16.2. The number of unbranched alkanes of at least 4 members (excludes halogenated alkanes) is 8. The molecule has 0 radical (unpaired) electrons. The molecule has 0 aromatic rings. The molecule has 6 heteroatoms. The van der Waals surface area contributed by atoms with Crippen LogP contribution in [-0.2, 0) is 4.79 Å². The summed E-state index contributed by atoms with van der Waals surface area (Å²) in [6.45, 7) is 29.4. The Morgan fingerprint density at radius 3 is 1.76 bits per heavy atom. The molecule has 0 atom stereocenters. The van der Waals surface area contributed by atoms with Crippen LogP contribution in [0.4, 0.5) is 0 Å². The van der Waals surface area contributed by atoms with E-state index in [9.17, 15) is 4.79 Å². The van der Waals surface area contributed by atoms with Gasteiger partial charge < -0.3 is 25.8 Å². The van der Waals surface area contributed by atoms with Crippen molar-refractivity contribution < 1.29 is 4.79 Å². The average molecular weight is 582 g/mol. The maximum atomic E-state index is 11.5. The number of hydrogen-bond acceptors (Lipinski definition) is 6. The van der Waals surface area contributed by atoms with Gasteiger partial charge in [0.1, 0.15) is 0 Å². The fourth-order valence-corrected chi connectivity index (χ4v) is 4.91. The second-order valence-corrected chi connectivity index (χ2v) is 12.1. The molecule has 0 heterocycles. The number of nitrogens with one attached hydrogen (secondary N) is 3. The minimum absolute atomic E-state index is 0.0910. The van der Waals surface area contributed by atoms with Crippen molar-refractivity contribution in [3.63, 3.8) is 0 Å². The predicted molar refractivity (Wildman–Crippen MR) is 183 cm³/mol. The summed E-state index contributed by atoms with van der Waals surface area (Å²) in [6, 6.07) is 0. The molecular formula is C36H63N5O. The van der Waals surface area contributed by atoms with E-state index in [1.165, 1.54) is 62.8 Å². The third kappa shape index (κ3) is 15.9. The SMILES string of the molecule is C=C(CCCCCCCNC(=C)CCC(=C)N(C)CCCCCNC1=C(C)C(=O)C1=C)NCCCCCN(C)C(=C)C. The van der Waals surface area contributed by atoms with Gasteiger partial charge in [-0.2, -0.15) is 0 Å². The maximum absolute atomic E-state index is 11.5. The molecule has 6 nitrogen and oxygen atoms in total. The van der Waals surface area contributed by atoms with E-state index in [-0.39, 0.29) is 5.78 Å². The van der Waals surface area contributed by atoms with Crippen molar-refractivity contribution in [2.24, 2.45) is 0 Å². The first-order valence-electron chi connectivity index (χ1n) is 16.3. The van der Waals surface area contributed by atoms with Crippen molar-refractivity contribution >= 4 is 5.78 Å². The van der Waals surface area contributed by atoms with Gasteiger partial charge in [0.05, 0.1) is 5.70 Å². The Morgan fingerprint density at radius 1 is 0.667 bits per heavy atom. The first kappa shape index (κ1) is 37.1. The summed E-state index contributed by atoms with van der Waals surface area (Å²) in [7, 11) is 4.24. The lowest BCUT2D eigenvalue weighted by Crippen LogP contribution is -2.30. The van der Waals surface area contributed by atoms with Crippen LogP contribution in [0.3, 0.4) is 0 Å². The van der Waals surface area contributed by atoms with Crippen molar-refractivity contribution in [3.05, 3.63) is 72.5 Å². The quantitative estimate of drug-likeness (QED) is 0.0655. The Kier molecular flexibility index (Phi) is 19.2. The monoisotopic (exact) mass is 582 g/mol. The van der Waals surface area contributed by atoms with Gasteiger partial charge in [-0.3, -0.25) is 4.79 Å². The molecule has 0 saturated carbocycles. The van der Waals surface area contributed by atoms with E-state index in [1.807, 2.05) is 6.92 Å². The molecule has 3 N–H and O–H groups in total. The first-order chi connectivity index (χ1) is 20.0. The predicted octanol–water partition coefficient (Wildman–Crippen LogP) is 7.57. The van der Waals surface area contributed by atoms with Gasteiger partial charge in [0.2, 0.25) is 0 Å². The van der Waals surface area contributed by atoms with Crippen LogP contribution in [0.2, 0.25) is 0 Å². The van der Waals surface area contributed by atoms with E-state index in [0.717, 1.165) is 93.9 Å². The smallest absolute Gasteiger partial charge is 0.192 e. The fraction of sp³-hybridized carbons (Fsp3) is 0.639. The van der Waals surface area contributed by atoms with Crippen LogP contribution in [0.15, 0.2) is 72.5 Å². The van der Waals surface area contributed by atoms with Gasteiger partial charge >= 0.3 is 0 Å². The summed E-state index contributed by atoms with van der Waals surface area (Å²) in [5.41, 5.74) is 7.00. The Morgan fingerprint density at radius 2 is 1.17 bits per heavy atom. The zero-order valence-corrected chi connectivity index (χ0v) is 27.8. The fourth-order valence-electron chi connectivity index (χ4n) is 4.91. The molecule has 1 aliphatic rings. The number of ketones is 1. The van der Waals surface area contributed by atoms with E-state index in [2.05, 4.69) is 79.7 Å². The average Bonchev–Trinajstić information content (AvgIpc) is 2.97. The molecule has 0 amide bonds. The molecule has 0 saturated heterocycles. The van der Waals surface area contributed by atoms with Crippen LogP contribution >= 0.6 is 0 Å². The zero-order chi connectivity index (χ0) is 31.3. The highest BCUT2D eigenvalue weighted by atomic mass is 16.1. The largest absolute Gasteiger partial charge is 0.389 e. The highest BCUT2D eigenvalue weighted by Crippen LogP contribution is 2.25. The van der Waals surface area contributed by atoms with Crippen molar-refractivity contribution in [2.45, 2.75) is 104 Å². The number of carbonyl (C=O) groups is 1. The third-order valence-electron chi connectivity index (χ3n) is 8.25. The van der Waals surface area contributed by atoms with Crippen LogP contribution in [-0.4, -0.2) is 62.4 Å². The van der Waals surface area contributed by atoms with Gasteiger partial charge in [0.25, 0.3) is 0 Å². The molecule has 0 unspecified atom stereocenters. The van der Waals surface area contributed by atoms with Crippen LogP contribution in [0.1, 0.15) is 104 Å². The van der Waals surface area contributed by atoms with Crippen molar-refractivity contribution in [1.29, 1.82) is 0 Å². The number of rotatable bonds is 28. The van der Waals surface area contributed by atoms with E-state index < -0.39 is 0 Å². The second-order valence-electron chi connectivity index (χ2n) is 12.1. The maximum Gasteiger partial charge on any atom is 0.192 e. The summed E-state index contributed by atoms with van der Waals surface area (Å²) >= 11 is 0. The molecule has 0 bridgehead atoms. The summed E-state index contributed by atoms with van der Waals surface area (Å²) < 4.78 is 0. The van der Waals surface area contributed by atoms with E-state index >= 15 is 0 Å². The lowest BCUT2D eigenvalue weighted by molar-refractivity contribution is -0.113. The molecule has 0 fully saturated rings. The molecule has 0 aromatic carbocycles. The molecular weight excluding hydrogens is 518 g/mol. The number of allylic oxidation sites excluding steroid dienone is 6. The van der Waals surface area contributed by atoms with Crippen LogP contribution in [0, 0.1) is 0 Å². The first-order valence-corrected chi connectivity index (χ1v) is 16.3. The minimum atomic E-state index is 0.0910. The Bertz CT molecular complexity index is 931. The van der Waals surface area contributed by atoms with Gasteiger partial charge in [-0.15, -0.1) is 0 Å². The molecule has 0 spiro atoms. The van der Waals surface area contributed by atoms with Crippen LogP contribution in [0.5, 0.6) is 0 Å². The van der Waals surface area contributed by atoms with Crippen LogP contribution < -0.4 is 16.0 Å². The number of nitrogens with zero attached hydrogens (tertiary/aromatic N) is 2. The zero-order valence-electron chi connectivity index (χ0n) is 27.8. The van der Waals surface area contributed by atoms with Gasteiger partial charge in [0, 0.05) is 80.8 Å². The second kappa shape index (κ2) is 21.8. The Hall–Kier alpha value is -2.89. The standard InChI is InChI=1S/C36H63N5O/c1-29(2)40(8)27-19-13-17-25-37-30(3)21-15-11-10-12-16-24-38-31(4)22-23-32(5)41(9)28-20-14-18-26-39-35-33(6)36(42)34(35)7/h37-39H,1,3-6,10-28H2,2,7-9H3. The van der Waals surface area contributed by atoms with Crippen molar-refractivity contribution in [2.75, 3.05) is 46.8 Å². The van der Waals surface area contributed by atoms with Gasteiger partial charge in [-0.1, -0.05) is 52.2 Å². The van der Waals surface area contributed by atoms with Crippen molar-refractivity contribution in [3.8, 4) is 0 Å². The molecule has 1 aliphatic carbocycles. The number of carbonyl (C=O) groups excluding carboxylic acids is 1. The van der Waals surface area contributed by atoms with Gasteiger partial charge in [0.15, 0.2) is 5.78 Å². The van der Waals surface area contributed by atoms with Crippen molar-refractivity contribution in [1.82, 2.24) is 25.8 Å². The Labute approximate surface area is 259 Å². The summed E-state index contributed by atoms with van der Waals surface area (Å²) in [5.74, 6) is 0.0910. The van der Waals surface area contributed by atoms with E-state index in [4.69, 9.17) is 0 Å². The summed E-state index contributed by atoms with van der Waals surface area (Å²) in [5, 5.41) is 10.4. The lowest BCUT2D eigenvalue weighted by atomic mass is 9.89. The molecule has 238 valence electrons. The molecule has 42 heavy (non-hydrogen) atoms. The van der Waals surface area contributed by atoms with E-state index in [0.29, 0.717) is 5.57 Å². The number of Topliss-reactive ketones (excluding diaryl/α,β-unsaturated/α-hetero) is 1. The normalized spacial score (nSPS) is 12.6. The Balaban J connectivity index is 1.91. The molecule has 0 aromatic heterocycles. The lowest BCUT2D eigenvalue weighted by Gasteiger charge is -2.24. The third-order valence-corrected chi connectivity index (χ3v) is 8.25.